The van der Waals surface area contributed by atoms with Crippen LogP contribution in [0.4, 0.5) is 5.13 Å². The zero-order chi connectivity index (χ0) is 13.5. The standard InChI is InChI=1S/C16H16N2S2/c1-10-4-2-7-14-15(10)18-16(20-14)17-12-5-3-6-13-11(12)8-9-19-13/h2,4,7-9,12H,3,5-6H2,1H3,(H,17,18). The first-order chi connectivity index (χ1) is 9.81. The number of hydrogen-bond donors (Lipinski definition) is 1. The second-order valence-corrected chi connectivity index (χ2v) is 7.36. The van der Waals surface area contributed by atoms with E-state index in [-0.39, 0.29) is 0 Å². The maximum atomic E-state index is 4.77. The molecule has 2 aromatic heterocycles. The van der Waals surface area contributed by atoms with Crippen LogP contribution in [0, 0.1) is 6.92 Å². The molecule has 1 aromatic carbocycles. The predicted molar refractivity (Wildman–Crippen MR) is 88.0 cm³/mol. The van der Waals surface area contributed by atoms with Gasteiger partial charge in [-0.25, -0.2) is 4.98 Å². The summed E-state index contributed by atoms with van der Waals surface area (Å²) in [5, 5.41) is 6.92. The van der Waals surface area contributed by atoms with Gasteiger partial charge in [0, 0.05) is 4.88 Å². The summed E-state index contributed by atoms with van der Waals surface area (Å²) in [6, 6.07) is 9.10. The van der Waals surface area contributed by atoms with E-state index in [1.54, 1.807) is 16.2 Å². The monoisotopic (exact) mass is 300 g/mol. The van der Waals surface area contributed by atoms with E-state index in [9.17, 15) is 0 Å². The molecule has 4 rings (SSSR count). The number of nitrogens with one attached hydrogen (secondary N) is 1. The average Bonchev–Trinajstić information content (AvgIpc) is 3.06. The van der Waals surface area contributed by atoms with Crippen molar-refractivity contribution < 1.29 is 0 Å². The molecule has 20 heavy (non-hydrogen) atoms. The van der Waals surface area contributed by atoms with Gasteiger partial charge >= 0.3 is 0 Å². The normalized spacial score (nSPS) is 18.1. The van der Waals surface area contributed by atoms with Gasteiger partial charge in [-0.1, -0.05) is 23.5 Å². The third-order valence-electron chi connectivity index (χ3n) is 3.97. The van der Waals surface area contributed by atoms with E-state index < -0.39 is 0 Å². The highest BCUT2D eigenvalue weighted by Crippen LogP contribution is 2.37. The Morgan fingerprint density at radius 1 is 1.30 bits per heavy atom. The summed E-state index contributed by atoms with van der Waals surface area (Å²) in [4.78, 5) is 6.32. The van der Waals surface area contributed by atoms with Crippen LogP contribution >= 0.6 is 22.7 Å². The molecule has 2 nitrogen and oxygen atoms in total. The molecule has 0 fully saturated rings. The average molecular weight is 300 g/mol. The van der Waals surface area contributed by atoms with Crippen LogP contribution in [0.1, 0.15) is 34.9 Å². The van der Waals surface area contributed by atoms with Gasteiger partial charge in [-0.2, -0.15) is 0 Å². The summed E-state index contributed by atoms with van der Waals surface area (Å²) in [6.07, 6.45) is 3.72. The zero-order valence-electron chi connectivity index (χ0n) is 11.3. The van der Waals surface area contributed by atoms with Crippen molar-refractivity contribution in [2.24, 2.45) is 0 Å². The van der Waals surface area contributed by atoms with Gasteiger partial charge in [0.25, 0.3) is 0 Å². The molecule has 2 heterocycles. The molecule has 3 aromatic rings. The summed E-state index contributed by atoms with van der Waals surface area (Å²) in [5.74, 6) is 0. The van der Waals surface area contributed by atoms with Crippen molar-refractivity contribution in [1.29, 1.82) is 0 Å². The number of anilines is 1. The minimum atomic E-state index is 0.436. The molecule has 1 aliphatic rings. The molecule has 0 aliphatic heterocycles. The molecule has 0 spiro atoms. The minimum absolute atomic E-state index is 0.436. The van der Waals surface area contributed by atoms with Gasteiger partial charge in [0.15, 0.2) is 5.13 Å². The fourth-order valence-corrected chi connectivity index (χ4v) is 4.92. The van der Waals surface area contributed by atoms with Crippen LogP contribution in [0.2, 0.25) is 0 Å². The molecule has 102 valence electrons. The van der Waals surface area contributed by atoms with Gasteiger partial charge in [-0.05, 0) is 54.8 Å². The summed E-state index contributed by atoms with van der Waals surface area (Å²) in [7, 11) is 0. The SMILES string of the molecule is Cc1cccc2sc(NC3CCCc4sccc43)nc12. The Bertz CT molecular complexity index is 757. The second kappa shape index (κ2) is 4.86. The van der Waals surface area contributed by atoms with Crippen molar-refractivity contribution in [3.05, 3.63) is 45.6 Å². The highest BCUT2D eigenvalue weighted by atomic mass is 32.1. The first-order valence-corrected chi connectivity index (χ1v) is 8.70. The summed E-state index contributed by atoms with van der Waals surface area (Å²) >= 11 is 3.65. The molecular weight excluding hydrogens is 284 g/mol. The first-order valence-electron chi connectivity index (χ1n) is 7.00. The number of nitrogens with zero attached hydrogens (tertiary/aromatic N) is 1. The Kier molecular flexibility index (Phi) is 3.00. The van der Waals surface area contributed by atoms with Gasteiger partial charge < -0.3 is 5.32 Å². The number of aryl methyl sites for hydroxylation is 2. The van der Waals surface area contributed by atoms with Gasteiger partial charge in [0.2, 0.25) is 0 Å². The van der Waals surface area contributed by atoms with Gasteiger partial charge in [0.05, 0.1) is 16.3 Å². The number of aromatic nitrogens is 1. The van der Waals surface area contributed by atoms with Crippen LogP contribution in [0.3, 0.4) is 0 Å². The number of rotatable bonds is 2. The van der Waals surface area contributed by atoms with Crippen LogP contribution in [0.5, 0.6) is 0 Å². The van der Waals surface area contributed by atoms with Gasteiger partial charge in [-0.3, -0.25) is 0 Å². The van der Waals surface area contributed by atoms with E-state index in [1.165, 1.54) is 35.1 Å². The Hall–Kier alpha value is -1.39. The number of fused-ring (bicyclic) bond motifs is 2. The Balaban J connectivity index is 1.67. The van der Waals surface area contributed by atoms with E-state index in [2.05, 4.69) is 41.9 Å². The second-order valence-electron chi connectivity index (χ2n) is 5.33. The van der Waals surface area contributed by atoms with Crippen LogP contribution in [-0.2, 0) is 6.42 Å². The number of benzene rings is 1. The first kappa shape index (κ1) is 12.4. The topological polar surface area (TPSA) is 24.9 Å². The van der Waals surface area contributed by atoms with E-state index in [1.807, 2.05) is 11.3 Å². The molecule has 0 amide bonds. The quantitative estimate of drug-likeness (QED) is 0.707. The number of thiophene rings is 1. The smallest absolute Gasteiger partial charge is 0.184 e. The largest absolute Gasteiger partial charge is 0.355 e. The van der Waals surface area contributed by atoms with Crippen molar-refractivity contribution in [2.75, 3.05) is 5.32 Å². The summed E-state index contributed by atoms with van der Waals surface area (Å²) in [5.41, 5.74) is 3.88. The fraction of sp³-hybridized carbons (Fsp3) is 0.312. The van der Waals surface area contributed by atoms with Crippen LogP contribution in [0.15, 0.2) is 29.6 Å². The highest BCUT2D eigenvalue weighted by molar-refractivity contribution is 7.22. The predicted octanol–water partition coefficient (Wildman–Crippen LogP) is 5.16. The summed E-state index contributed by atoms with van der Waals surface area (Å²) < 4.78 is 1.27. The van der Waals surface area contributed by atoms with Crippen LogP contribution < -0.4 is 5.32 Å². The molecule has 0 radical (unpaired) electrons. The fourth-order valence-electron chi connectivity index (χ4n) is 2.93. The van der Waals surface area contributed by atoms with E-state index in [4.69, 9.17) is 4.98 Å². The lowest BCUT2D eigenvalue weighted by atomic mass is 9.94. The van der Waals surface area contributed by atoms with Crippen molar-refractivity contribution in [1.82, 2.24) is 4.98 Å². The molecule has 0 bridgehead atoms. The molecule has 4 heteroatoms. The third-order valence-corrected chi connectivity index (χ3v) is 5.92. The van der Waals surface area contributed by atoms with Crippen LogP contribution in [0.25, 0.3) is 10.2 Å². The molecule has 0 saturated heterocycles. The van der Waals surface area contributed by atoms with Crippen LogP contribution in [-0.4, -0.2) is 4.98 Å². The van der Waals surface area contributed by atoms with Gasteiger partial charge in [0.1, 0.15) is 0 Å². The lowest BCUT2D eigenvalue weighted by molar-refractivity contribution is 0.608. The maximum absolute atomic E-state index is 4.77. The lowest BCUT2D eigenvalue weighted by Gasteiger charge is -2.23. The van der Waals surface area contributed by atoms with Crippen molar-refractivity contribution >= 4 is 38.0 Å². The van der Waals surface area contributed by atoms with E-state index in [0.29, 0.717) is 6.04 Å². The minimum Gasteiger partial charge on any atom is -0.355 e. The third kappa shape index (κ3) is 2.03. The van der Waals surface area contributed by atoms with Crippen molar-refractivity contribution in [2.45, 2.75) is 32.2 Å². The number of thiazole rings is 1. The van der Waals surface area contributed by atoms with E-state index in [0.717, 1.165) is 10.6 Å². The highest BCUT2D eigenvalue weighted by Gasteiger charge is 2.22. The van der Waals surface area contributed by atoms with Gasteiger partial charge in [-0.15, -0.1) is 11.3 Å². The Morgan fingerprint density at radius 3 is 3.15 bits per heavy atom. The number of hydrogen-bond acceptors (Lipinski definition) is 4. The molecule has 1 N–H and O–H groups in total. The van der Waals surface area contributed by atoms with Crippen molar-refractivity contribution in [3.63, 3.8) is 0 Å². The Labute approximate surface area is 126 Å². The summed E-state index contributed by atoms with van der Waals surface area (Å²) in [6.45, 7) is 2.13. The molecule has 1 atom stereocenters. The van der Waals surface area contributed by atoms with E-state index >= 15 is 0 Å². The molecule has 0 saturated carbocycles. The number of para-hydroxylation sites is 1. The maximum Gasteiger partial charge on any atom is 0.184 e. The lowest BCUT2D eigenvalue weighted by Crippen LogP contribution is -2.15. The van der Waals surface area contributed by atoms with Crippen molar-refractivity contribution in [3.8, 4) is 0 Å². The molecular formula is C16H16N2S2. The molecule has 1 unspecified atom stereocenters. The Morgan fingerprint density at radius 2 is 2.25 bits per heavy atom. The zero-order valence-corrected chi connectivity index (χ0v) is 13.0. The molecule has 1 aliphatic carbocycles.